The van der Waals surface area contributed by atoms with E-state index in [1.165, 1.54) is 6.54 Å². The minimum atomic E-state index is 0.124. The van der Waals surface area contributed by atoms with E-state index in [2.05, 4.69) is 27.3 Å². The van der Waals surface area contributed by atoms with Crippen molar-refractivity contribution in [3.05, 3.63) is 0 Å². The third-order valence-electron chi connectivity index (χ3n) is 0.489. The summed E-state index contributed by atoms with van der Waals surface area (Å²) in [6.07, 6.45) is 0. The van der Waals surface area contributed by atoms with Crippen molar-refractivity contribution in [2.24, 2.45) is 3.15 Å². The standard InChI is InChI=1S/C2H4I2N2/c3-6-2-1-5-4-6/h1-2H2. The maximum atomic E-state index is 4.19. The van der Waals surface area contributed by atoms with Gasteiger partial charge in [-0.2, -0.15) is 1.33 Å². The third kappa shape index (κ3) is 1.38. The average molecular weight is 310 g/mol. The summed E-state index contributed by atoms with van der Waals surface area (Å²) in [4.78, 5) is 0. The fourth-order valence-electron chi connectivity index (χ4n) is 0.247. The highest BCUT2D eigenvalue weighted by atomic mass is 127. The molecule has 2 nitrogen and oxygen atoms in total. The van der Waals surface area contributed by atoms with Crippen LogP contribution in [0.15, 0.2) is 3.15 Å². The molecule has 0 radical (unpaired) electrons. The van der Waals surface area contributed by atoms with E-state index in [1.54, 1.807) is 0 Å². The molecule has 1 aliphatic rings. The number of hydrogen-bond donors (Lipinski definition) is 0. The van der Waals surface area contributed by atoms with E-state index in [-0.39, 0.29) is 21.3 Å². The van der Waals surface area contributed by atoms with Crippen LogP contribution in [0.1, 0.15) is 0 Å². The summed E-state index contributed by atoms with van der Waals surface area (Å²) in [6, 6.07) is 0. The highest BCUT2D eigenvalue weighted by Gasteiger charge is 1.99. The molecule has 0 aliphatic carbocycles. The van der Waals surface area contributed by atoms with Crippen molar-refractivity contribution in [1.82, 2.24) is 1.33 Å². The Bertz CT molecular complexity index is 71.9. The van der Waals surface area contributed by atoms with Crippen LogP contribution in [0.3, 0.4) is 0 Å². The van der Waals surface area contributed by atoms with E-state index in [0.717, 1.165) is 6.54 Å². The Morgan fingerprint density at radius 1 is 1.83 bits per heavy atom. The van der Waals surface area contributed by atoms with E-state index < -0.39 is 0 Å². The maximum Gasteiger partial charge on any atom is 0.0912 e. The molecule has 0 amide bonds. The molecule has 6 heavy (non-hydrogen) atoms. The van der Waals surface area contributed by atoms with Gasteiger partial charge in [-0.1, -0.05) is 0 Å². The predicted octanol–water partition coefficient (Wildman–Crippen LogP) is 1.72. The van der Waals surface area contributed by atoms with Crippen molar-refractivity contribution >= 4 is 44.2 Å². The molecule has 1 aliphatic heterocycles. The van der Waals surface area contributed by atoms with Crippen LogP contribution in [-0.4, -0.2) is 14.4 Å². The Kier molecular flexibility index (Phi) is 2.24. The average Bonchev–Trinajstić information content (AvgIpc) is 1.86. The summed E-state index contributed by atoms with van der Waals surface area (Å²) in [5.41, 5.74) is 0. The third-order valence-corrected chi connectivity index (χ3v) is 3.80. The molecule has 36 valence electrons. The van der Waals surface area contributed by atoms with E-state index >= 15 is 0 Å². The van der Waals surface area contributed by atoms with Crippen LogP contribution in [0.25, 0.3) is 0 Å². The van der Waals surface area contributed by atoms with Gasteiger partial charge in [0.05, 0.1) is 27.9 Å². The van der Waals surface area contributed by atoms with Gasteiger partial charge in [-0.3, -0.25) is 0 Å². The van der Waals surface area contributed by atoms with Gasteiger partial charge in [-0.25, -0.2) is 3.15 Å². The Morgan fingerprint density at radius 3 is 2.83 bits per heavy atom. The number of nitrogens with zero attached hydrogens (tertiary/aromatic N) is 2. The zero-order valence-corrected chi connectivity index (χ0v) is 7.38. The molecule has 0 saturated heterocycles. The van der Waals surface area contributed by atoms with Crippen LogP contribution in [0.2, 0.25) is 0 Å². The van der Waals surface area contributed by atoms with Crippen molar-refractivity contribution in [2.75, 3.05) is 13.1 Å². The van der Waals surface area contributed by atoms with Crippen molar-refractivity contribution in [1.29, 1.82) is 0 Å². The first-order valence-electron chi connectivity index (χ1n) is 1.64. The quantitative estimate of drug-likeness (QED) is 0.491. The van der Waals surface area contributed by atoms with Crippen molar-refractivity contribution < 1.29 is 0 Å². The van der Waals surface area contributed by atoms with E-state index in [9.17, 15) is 0 Å². The molecule has 0 spiro atoms. The second-order valence-electron chi connectivity index (χ2n) is 0.945. The molecule has 0 aromatic carbocycles. The summed E-state index contributed by atoms with van der Waals surface area (Å²) >= 11 is 2.44. The summed E-state index contributed by atoms with van der Waals surface area (Å²) in [7, 11) is 0. The highest BCUT2D eigenvalue weighted by Crippen LogP contribution is 2.20. The molecule has 0 unspecified atom stereocenters. The molecule has 0 fully saturated rings. The first kappa shape index (κ1) is 5.36. The van der Waals surface area contributed by atoms with Crippen LogP contribution in [0.5, 0.6) is 0 Å². The molecule has 1 heterocycles. The summed E-state index contributed by atoms with van der Waals surface area (Å²) in [6.45, 7) is 2.27. The minimum absolute atomic E-state index is 0.124. The van der Waals surface area contributed by atoms with Gasteiger partial charge in [-0.15, -0.1) is 0 Å². The Labute approximate surface area is 61.3 Å². The Morgan fingerprint density at radius 2 is 2.67 bits per heavy atom. The van der Waals surface area contributed by atoms with Gasteiger partial charge in [-0.05, 0) is 0 Å². The number of rotatable bonds is 0. The topological polar surface area (TPSA) is 15.6 Å². The molecular weight excluding hydrogens is 306 g/mol. The molecule has 0 aromatic rings. The first-order valence-corrected chi connectivity index (χ1v) is 4.53. The van der Waals surface area contributed by atoms with Gasteiger partial charge in [0, 0.05) is 29.4 Å². The number of hydrogen-bond acceptors (Lipinski definition) is 2. The molecule has 0 aromatic heterocycles. The Hall–Kier alpha value is 1.22. The molecule has 4 heteroatoms. The van der Waals surface area contributed by atoms with Gasteiger partial charge in [0.2, 0.25) is 0 Å². The van der Waals surface area contributed by atoms with Gasteiger partial charge < -0.3 is 0 Å². The molecular formula is C2H4I2N2. The molecule has 1 rings (SSSR count). The van der Waals surface area contributed by atoms with Crippen LogP contribution in [0, 0.1) is 0 Å². The highest BCUT2D eigenvalue weighted by molar-refractivity contribution is 14.2. The lowest BCUT2D eigenvalue weighted by atomic mass is 10.7. The van der Waals surface area contributed by atoms with Crippen LogP contribution in [-0.2, 0) is 0 Å². The summed E-state index contributed by atoms with van der Waals surface area (Å²) < 4.78 is 6.47. The van der Waals surface area contributed by atoms with E-state index in [4.69, 9.17) is 0 Å². The number of halogens is 2. The molecule has 0 bridgehead atoms. The normalized spacial score (nSPS) is 24.2. The zero-order chi connectivity index (χ0) is 4.41. The Balaban J connectivity index is 2.38. The van der Waals surface area contributed by atoms with Crippen molar-refractivity contribution in [3.63, 3.8) is 0 Å². The van der Waals surface area contributed by atoms with Crippen LogP contribution < -0.4 is 0 Å². The fourth-order valence-corrected chi connectivity index (χ4v) is 2.43. The van der Waals surface area contributed by atoms with E-state index in [0.29, 0.717) is 0 Å². The lowest BCUT2D eigenvalue weighted by Crippen LogP contribution is -1.94. The first-order chi connectivity index (χ1) is 2.89. The summed E-state index contributed by atoms with van der Waals surface area (Å²) in [5, 5.41) is 0. The monoisotopic (exact) mass is 310 g/mol. The fraction of sp³-hybridized carbons (Fsp3) is 1.00. The molecule has 0 N–H and O–H groups in total. The predicted molar refractivity (Wildman–Crippen MR) is 42.0 cm³/mol. The van der Waals surface area contributed by atoms with Gasteiger partial charge >= 0.3 is 0 Å². The molecule has 0 saturated carbocycles. The lowest BCUT2D eigenvalue weighted by molar-refractivity contribution is 0.842. The van der Waals surface area contributed by atoms with Gasteiger partial charge in [0.25, 0.3) is 0 Å². The van der Waals surface area contributed by atoms with Crippen LogP contribution in [0.4, 0.5) is 0 Å². The second kappa shape index (κ2) is 2.51. The van der Waals surface area contributed by atoms with Crippen LogP contribution >= 0.6 is 44.2 Å². The zero-order valence-electron chi connectivity index (χ0n) is 3.06. The summed E-state index contributed by atoms with van der Waals surface area (Å²) in [5.74, 6) is 0. The van der Waals surface area contributed by atoms with Gasteiger partial charge in [0.15, 0.2) is 0 Å². The van der Waals surface area contributed by atoms with E-state index in [1.807, 2.05) is 0 Å². The second-order valence-corrected chi connectivity index (χ2v) is 6.23. The molecule has 0 atom stereocenters. The SMILES string of the molecule is IN1CCN=I1. The lowest BCUT2D eigenvalue weighted by Gasteiger charge is -1.90. The van der Waals surface area contributed by atoms with Crippen molar-refractivity contribution in [2.45, 2.75) is 0 Å². The minimum Gasteiger partial charge on any atom is -0.246 e. The van der Waals surface area contributed by atoms with Crippen molar-refractivity contribution in [3.8, 4) is 0 Å². The smallest absolute Gasteiger partial charge is 0.0912 e. The maximum absolute atomic E-state index is 4.19. The van der Waals surface area contributed by atoms with Gasteiger partial charge in [0.1, 0.15) is 0 Å². The largest absolute Gasteiger partial charge is 0.246 e.